The van der Waals surface area contributed by atoms with Gasteiger partial charge in [-0.05, 0) is 63.2 Å². The molecule has 0 saturated heterocycles. The zero-order chi connectivity index (χ0) is 13.0. The predicted octanol–water partition coefficient (Wildman–Crippen LogP) is 2.70. The lowest BCUT2D eigenvalue weighted by molar-refractivity contribution is -0.0431. The SMILES string of the molecule is CC(N)Cc1cn(C23CC4CC(CC(C4)C2)C3)cn1. The average Bonchev–Trinajstić information content (AvgIpc) is 2.75. The van der Waals surface area contributed by atoms with Crippen LogP contribution in [0.25, 0.3) is 0 Å². The summed E-state index contributed by atoms with van der Waals surface area (Å²) in [6.45, 7) is 2.06. The number of nitrogens with zero attached hydrogens (tertiary/aromatic N) is 2. The monoisotopic (exact) mass is 259 g/mol. The molecule has 0 aromatic carbocycles. The van der Waals surface area contributed by atoms with E-state index in [0.29, 0.717) is 5.54 Å². The molecule has 1 aromatic heterocycles. The van der Waals surface area contributed by atoms with Crippen LogP contribution in [-0.2, 0) is 12.0 Å². The Labute approximate surface area is 115 Å². The Balaban J connectivity index is 1.62. The summed E-state index contributed by atoms with van der Waals surface area (Å²) in [5.74, 6) is 2.97. The smallest absolute Gasteiger partial charge is 0.0954 e. The summed E-state index contributed by atoms with van der Waals surface area (Å²) in [7, 11) is 0. The second-order valence-corrected chi connectivity index (χ2v) is 7.60. The van der Waals surface area contributed by atoms with E-state index >= 15 is 0 Å². The van der Waals surface area contributed by atoms with Gasteiger partial charge in [-0.3, -0.25) is 0 Å². The van der Waals surface area contributed by atoms with E-state index in [1.54, 1.807) is 0 Å². The molecule has 4 bridgehead atoms. The number of hydrogen-bond acceptors (Lipinski definition) is 2. The van der Waals surface area contributed by atoms with Crippen LogP contribution in [0.4, 0.5) is 0 Å². The fraction of sp³-hybridized carbons (Fsp3) is 0.812. The lowest BCUT2D eigenvalue weighted by Crippen LogP contribution is -2.51. The first-order chi connectivity index (χ1) is 9.13. The minimum Gasteiger partial charge on any atom is -0.331 e. The summed E-state index contributed by atoms with van der Waals surface area (Å²) in [6, 6.07) is 0.208. The molecule has 4 aliphatic carbocycles. The van der Waals surface area contributed by atoms with Crippen LogP contribution in [0.2, 0.25) is 0 Å². The van der Waals surface area contributed by atoms with Gasteiger partial charge in [-0.2, -0.15) is 0 Å². The van der Waals surface area contributed by atoms with Crippen molar-refractivity contribution in [2.75, 3.05) is 0 Å². The van der Waals surface area contributed by atoms with Crippen LogP contribution in [0.5, 0.6) is 0 Å². The van der Waals surface area contributed by atoms with Crippen molar-refractivity contribution in [2.24, 2.45) is 23.5 Å². The van der Waals surface area contributed by atoms with E-state index in [4.69, 9.17) is 5.73 Å². The highest BCUT2D eigenvalue weighted by Crippen LogP contribution is 2.58. The van der Waals surface area contributed by atoms with Crippen molar-refractivity contribution in [1.29, 1.82) is 0 Å². The van der Waals surface area contributed by atoms with Crippen molar-refractivity contribution in [2.45, 2.75) is 63.5 Å². The average molecular weight is 259 g/mol. The topological polar surface area (TPSA) is 43.8 Å². The Morgan fingerprint density at radius 2 is 1.84 bits per heavy atom. The minimum absolute atomic E-state index is 0.208. The maximum absolute atomic E-state index is 5.89. The molecule has 4 saturated carbocycles. The van der Waals surface area contributed by atoms with Crippen LogP contribution in [0.3, 0.4) is 0 Å². The molecule has 5 rings (SSSR count). The van der Waals surface area contributed by atoms with Gasteiger partial charge < -0.3 is 10.3 Å². The van der Waals surface area contributed by atoms with Crippen molar-refractivity contribution >= 4 is 0 Å². The number of imidazole rings is 1. The molecule has 0 radical (unpaired) electrons. The predicted molar refractivity (Wildman–Crippen MR) is 75.7 cm³/mol. The van der Waals surface area contributed by atoms with E-state index in [0.717, 1.165) is 24.2 Å². The summed E-state index contributed by atoms with van der Waals surface area (Å²) in [5.41, 5.74) is 7.48. The van der Waals surface area contributed by atoms with E-state index in [-0.39, 0.29) is 6.04 Å². The van der Waals surface area contributed by atoms with Gasteiger partial charge in [0.25, 0.3) is 0 Å². The van der Waals surface area contributed by atoms with Crippen molar-refractivity contribution in [3.8, 4) is 0 Å². The van der Waals surface area contributed by atoms with Gasteiger partial charge >= 0.3 is 0 Å². The number of aromatic nitrogens is 2. The lowest BCUT2D eigenvalue weighted by atomic mass is 9.53. The van der Waals surface area contributed by atoms with E-state index in [1.165, 1.54) is 44.2 Å². The van der Waals surface area contributed by atoms with Gasteiger partial charge in [0, 0.05) is 24.2 Å². The van der Waals surface area contributed by atoms with Crippen molar-refractivity contribution in [3.05, 3.63) is 18.2 Å². The van der Waals surface area contributed by atoms with Crippen molar-refractivity contribution in [3.63, 3.8) is 0 Å². The molecule has 1 unspecified atom stereocenters. The highest BCUT2D eigenvalue weighted by Gasteiger charge is 2.51. The van der Waals surface area contributed by atoms with Crippen LogP contribution in [0, 0.1) is 17.8 Å². The van der Waals surface area contributed by atoms with Crippen LogP contribution in [0.15, 0.2) is 12.5 Å². The standard InChI is InChI=1S/C16H25N3/c1-11(17)2-15-9-19(10-18-15)16-6-12-3-13(7-16)5-14(4-12)8-16/h9-14H,2-8,17H2,1H3. The van der Waals surface area contributed by atoms with Crippen molar-refractivity contribution < 1.29 is 0 Å². The molecule has 104 valence electrons. The molecule has 0 spiro atoms. The summed E-state index contributed by atoms with van der Waals surface area (Å²) in [6.07, 6.45) is 14.0. The van der Waals surface area contributed by atoms with Crippen LogP contribution >= 0.6 is 0 Å². The van der Waals surface area contributed by atoms with Crippen LogP contribution in [-0.4, -0.2) is 15.6 Å². The van der Waals surface area contributed by atoms with Crippen LogP contribution < -0.4 is 5.73 Å². The Hall–Kier alpha value is -0.830. The Morgan fingerprint density at radius 1 is 1.26 bits per heavy atom. The van der Waals surface area contributed by atoms with Crippen LogP contribution in [0.1, 0.15) is 51.1 Å². The molecular weight excluding hydrogens is 234 g/mol. The van der Waals surface area contributed by atoms with Gasteiger partial charge in [0.05, 0.1) is 12.0 Å². The Bertz CT molecular complexity index is 439. The highest BCUT2D eigenvalue weighted by molar-refractivity contribution is 5.09. The third-order valence-corrected chi connectivity index (χ3v) is 5.72. The normalized spacial score (nSPS) is 41.7. The largest absolute Gasteiger partial charge is 0.331 e. The number of nitrogens with two attached hydrogens (primary N) is 1. The van der Waals surface area contributed by atoms with Gasteiger partial charge in [0.2, 0.25) is 0 Å². The summed E-state index contributed by atoms with van der Waals surface area (Å²) < 4.78 is 2.47. The molecule has 3 nitrogen and oxygen atoms in total. The molecule has 19 heavy (non-hydrogen) atoms. The van der Waals surface area contributed by atoms with E-state index in [1.807, 2.05) is 0 Å². The molecular formula is C16H25N3. The first-order valence-corrected chi connectivity index (χ1v) is 7.92. The summed E-state index contributed by atoms with van der Waals surface area (Å²) in [4.78, 5) is 4.60. The number of rotatable bonds is 3. The molecule has 0 amide bonds. The van der Waals surface area contributed by atoms with Crippen molar-refractivity contribution in [1.82, 2.24) is 9.55 Å². The highest BCUT2D eigenvalue weighted by atomic mass is 15.1. The first kappa shape index (κ1) is 12.0. The minimum atomic E-state index is 0.208. The maximum Gasteiger partial charge on any atom is 0.0954 e. The third-order valence-electron chi connectivity index (χ3n) is 5.72. The van der Waals surface area contributed by atoms with Gasteiger partial charge in [-0.1, -0.05) is 0 Å². The van der Waals surface area contributed by atoms with E-state index < -0.39 is 0 Å². The molecule has 4 aliphatic rings. The van der Waals surface area contributed by atoms with Gasteiger partial charge in [0.1, 0.15) is 0 Å². The maximum atomic E-state index is 5.89. The zero-order valence-electron chi connectivity index (χ0n) is 11.9. The fourth-order valence-electron chi connectivity index (χ4n) is 5.44. The Morgan fingerprint density at radius 3 is 2.37 bits per heavy atom. The molecule has 0 aliphatic heterocycles. The fourth-order valence-corrected chi connectivity index (χ4v) is 5.44. The summed E-state index contributed by atoms with van der Waals surface area (Å²) in [5, 5.41) is 0. The zero-order valence-corrected chi connectivity index (χ0v) is 11.9. The number of hydrogen-bond donors (Lipinski definition) is 1. The Kier molecular flexibility index (Phi) is 2.57. The van der Waals surface area contributed by atoms with Gasteiger partial charge in [0.15, 0.2) is 0 Å². The lowest BCUT2D eigenvalue weighted by Gasteiger charge is -2.57. The molecule has 1 heterocycles. The van der Waals surface area contributed by atoms with Gasteiger partial charge in [-0.15, -0.1) is 0 Å². The molecule has 4 fully saturated rings. The third kappa shape index (κ3) is 1.94. The molecule has 2 N–H and O–H groups in total. The summed E-state index contributed by atoms with van der Waals surface area (Å²) >= 11 is 0. The van der Waals surface area contributed by atoms with Gasteiger partial charge in [-0.25, -0.2) is 4.98 Å². The quantitative estimate of drug-likeness (QED) is 0.907. The molecule has 1 aromatic rings. The van der Waals surface area contributed by atoms with E-state index in [2.05, 4.69) is 29.0 Å². The second kappa shape index (κ2) is 4.08. The first-order valence-electron chi connectivity index (χ1n) is 7.92. The molecule has 1 atom stereocenters. The second-order valence-electron chi connectivity index (χ2n) is 7.60. The molecule has 3 heteroatoms. The van der Waals surface area contributed by atoms with E-state index in [9.17, 15) is 0 Å².